The minimum atomic E-state index is -0.458. The van der Waals surface area contributed by atoms with E-state index in [2.05, 4.69) is 26.6 Å². The van der Waals surface area contributed by atoms with Crippen molar-refractivity contribution in [3.63, 3.8) is 0 Å². The molecule has 116 valence electrons. The topological polar surface area (TPSA) is 50.4 Å². The number of nitrogens with one attached hydrogen (secondary N) is 2. The lowest BCUT2D eigenvalue weighted by Gasteiger charge is -2.17. The zero-order valence-electron chi connectivity index (χ0n) is 12.0. The van der Waals surface area contributed by atoms with Crippen molar-refractivity contribution in [1.29, 1.82) is 0 Å². The molecule has 2 rings (SSSR count). The number of halogens is 2. The molecule has 0 aliphatic heterocycles. The molecule has 6 heteroatoms. The molecule has 0 aliphatic rings. The van der Waals surface area contributed by atoms with Gasteiger partial charge < -0.3 is 15.4 Å². The molecule has 2 aromatic rings. The summed E-state index contributed by atoms with van der Waals surface area (Å²) in [5.74, 6) is 0.642. The van der Waals surface area contributed by atoms with Crippen LogP contribution in [0.3, 0.4) is 0 Å². The van der Waals surface area contributed by atoms with E-state index in [1.54, 1.807) is 31.2 Å². The molecule has 0 heterocycles. The Morgan fingerprint density at radius 2 is 1.91 bits per heavy atom. The van der Waals surface area contributed by atoms with Crippen LogP contribution < -0.4 is 15.4 Å². The fourth-order valence-corrected chi connectivity index (χ4v) is 2.35. The SMILES string of the molecule is CC(NC(=O)NCc1ccccc1Br)Oc1ccc(Cl)cc1. The molecule has 0 aromatic heterocycles. The van der Waals surface area contributed by atoms with Gasteiger partial charge in [-0.3, -0.25) is 0 Å². The summed E-state index contributed by atoms with van der Waals surface area (Å²) in [5, 5.41) is 6.13. The van der Waals surface area contributed by atoms with Crippen molar-refractivity contribution in [3.8, 4) is 5.75 Å². The molecule has 0 aliphatic carbocycles. The third kappa shape index (κ3) is 5.24. The van der Waals surface area contributed by atoms with Crippen LogP contribution in [0.4, 0.5) is 4.79 Å². The van der Waals surface area contributed by atoms with Gasteiger partial charge in [0.25, 0.3) is 0 Å². The van der Waals surface area contributed by atoms with Gasteiger partial charge in [-0.1, -0.05) is 45.7 Å². The molecule has 2 aromatic carbocycles. The number of hydrogen-bond acceptors (Lipinski definition) is 2. The molecule has 1 unspecified atom stereocenters. The first kappa shape index (κ1) is 16.6. The van der Waals surface area contributed by atoms with Crippen molar-refractivity contribution in [2.75, 3.05) is 0 Å². The Balaban J connectivity index is 1.79. The number of ether oxygens (including phenoxy) is 1. The number of urea groups is 1. The molecule has 0 fully saturated rings. The van der Waals surface area contributed by atoms with E-state index in [1.165, 1.54) is 0 Å². The maximum absolute atomic E-state index is 11.8. The van der Waals surface area contributed by atoms with Crippen molar-refractivity contribution in [3.05, 3.63) is 63.6 Å². The molecule has 0 spiro atoms. The zero-order chi connectivity index (χ0) is 15.9. The van der Waals surface area contributed by atoms with E-state index >= 15 is 0 Å². The second kappa shape index (κ2) is 8.06. The van der Waals surface area contributed by atoms with Crippen LogP contribution in [-0.2, 0) is 6.54 Å². The average molecular weight is 384 g/mol. The quantitative estimate of drug-likeness (QED) is 0.755. The molecular weight excluding hydrogens is 368 g/mol. The van der Waals surface area contributed by atoms with E-state index in [0.717, 1.165) is 10.0 Å². The highest BCUT2D eigenvalue weighted by Gasteiger charge is 2.08. The molecule has 1 atom stereocenters. The lowest BCUT2D eigenvalue weighted by atomic mass is 10.2. The third-order valence-corrected chi connectivity index (χ3v) is 3.88. The first-order chi connectivity index (χ1) is 10.5. The van der Waals surface area contributed by atoms with Gasteiger partial charge in [-0.15, -0.1) is 0 Å². The van der Waals surface area contributed by atoms with Gasteiger partial charge in [-0.2, -0.15) is 0 Å². The highest BCUT2D eigenvalue weighted by Crippen LogP contribution is 2.16. The van der Waals surface area contributed by atoms with Crippen LogP contribution in [0.5, 0.6) is 5.75 Å². The van der Waals surface area contributed by atoms with Gasteiger partial charge in [0.2, 0.25) is 0 Å². The molecule has 0 saturated carbocycles. The van der Waals surface area contributed by atoms with Crippen LogP contribution in [0, 0.1) is 0 Å². The van der Waals surface area contributed by atoms with Crippen molar-refractivity contribution in [2.45, 2.75) is 19.7 Å². The van der Waals surface area contributed by atoms with E-state index in [1.807, 2.05) is 24.3 Å². The lowest BCUT2D eigenvalue weighted by molar-refractivity contribution is 0.177. The number of rotatable bonds is 5. The smallest absolute Gasteiger partial charge is 0.317 e. The zero-order valence-corrected chi connectivity index (χ0v) is 14.3. The summed E-state index contributed by atoms with van der Waals surface area (Å²) in [5.41, 5.74) is 1.00. The van der Waals surface area contributed by atoms with E-state index in [4.69, 9.17) is 16.3 Å². The Kier molecular flexibility index (Phi) is 6.10. The van der Waals surface area contributed by atoms with Gasteiger partial charge >= 0.3 is 6.03 Å². The molecule has 2 N–H and O–H groups in total. The summed E-state index contributed by atoms with van der Waals surface area (Å²) >= 11 is 9.25. The highest BCUT2D eigenvalue weighted by atomic mass is 79.9. The number of benzene rings is 2. The van der Waals surface area contributed by atoms with Gasteiger partial charge in [0, 0.05) is 16.0 Å². The third-order valence-electron chi connectivity index (χ3n) is 2.86. The molecule has 4 nitrogen and oxygen atoms in total. The summed E-state index contributed by atoms with van der Waals surface area (Å²) in [6.07, 6.45) is -0.458. The van der Waals surface area contributed by atoms with Gasteiger partial charge in [0.1, 0.15) is 5.75 Å². The Morgan fingerprint density at radius 1 is 1.23 bits per heavy atom. The van der Waals surface area contributed by atoms with Crippen LogP contribution in [0.15, 0.2) is 53.0 Å². The summed E-state index contributed by atoms with van der Waals surface area (Å²) in [7, 11) is 0. The largest absolute Gasteiger partial charge is 0.471 e. The minimum Gasteiger partial charge on any atom is -0.471 e. The maximum atomic E-state index is 11.8. The van der Waals surface area contributed by atoms with Crippen molar-refractivity contribution < 1.29 is 9.53 Å². The van der Waals surface area contributed by atoms with Crippen molar-refractivity contribution in [1.82, 2.24) is 10.6 Å². The van der Waals surface area contributed by atoms with Crippen LogP contribution in [0.25, 0.3) is 0 Å². The number of carbonyl (C=O) groups is 1. The summed E-state index contributed by atoms with van der Waals surface area (Å²) in [6.45, 7) is 2.19. The minimum absolute atomic E-state index is 0.294. The molecule has 0 saturated heterocycles. The number of carbonyl (C=O) groups excluding carboxylic acids is 1. The van der Waals surface area contributed by atoms with Gasteiger partial charge in [0.05, 0.1) is 0 Å². The fraction of sp³-hybridized carbons (Fsp3) is 0.188. The Bertz CT molecular complexity index is 634. The maximum Gasteiger partial charge on any atom is 0.317 e. The molecule has 0 bridgehead atoms. The van der Waals surface area contributed by atoms with Gasteiger partial charge in [-0.25, -0.2) is 4.79 Å². The average Bonchev–Trinajstić information content (AvgIpc) is 2.49. The molecular formula is C16H16BrClN2O2. The predicted octanol–water partition coefficient (Wildman–Crippen LogP) is 4.33. The van der Waals surface area contributed by atoms with E-state index < -0.39 is 6.23 Å². The van der Waals surface area contributed by atoms with E-state index in [-0.39, 0.29) is 6.03 Å². The van der Waals surface area contributed by atoms with Gasteiger partial charge in [0.15, 0.2) is 6.23 Å². The summed E-state index contributed by atoms with van der Waals surface area (Å²) in [6, 6.07) is 14.4. The van der Waals surface area contributed by atoms with Crippen molar-refractivity contribution >= 4 is 33.6 Å². The first-order valence-electron chi connectivity index (χ1n) is 6.74. The molecule has 0 radical (unpaired) electrons. The van der Waals surface area contributed by atoms with Crippen LogP contribution >= 0.6 is 27.5 Å². The highest BCUT2D eigenvalue weighted by molar-refractivity contribution is 9.10. The van der Waals surface area contributed by atoms with Crippen LogP contribution in [0.1, 0.15) is 12.5 Å². The fourth-order valence-electron chi connectivity index (χ4n) is 1.80. The number of hydrogen-bond donors (Lipinski definition) is 2. The van der Waals surface area contributed by atoms with Gasteiger partial charge in [-0.05, 0) is 42.8 Å². The van der Waals surface area contributed by atoms with E-state index in [9.17, 15) is 4.79 Å². The monoisotopic (exact) mass is 382 g/mol. The molecule has 2 amide bonds. The Morgan fingerprint density at radius 3 is 2.59 bits per heavy atom. The lowest BCUT2D eigenvalue weighted by Crippen LogP contribution is -2.43. The summed E-state index contributed by atoms with van der Waals surface area (Å²) in [4.78, 5) is 11.8. The number of amides is 2. The standard InChI is InChI=1S/C16H16BrClN2O2/c1-11(22-14-8-6-13(18)7-9-14)20-16(21)19-10-12-4-2-3-5-15(12)17/h2-9,11H,10H2,1H3,(H2,19,20,21). The van der Waals surface area contributed by atoms with E-state index in [0.29, 0.717) is 17.3 Å². The normalized spacial score (nSPS) is 11.6. The predicted molar refractivity (Wildman–Crippen MR) is 91.1 cm³/mol. The second-order valence-corrected chi connectivity index (χ2v) is 5.92. The van der Waals surface area contributed by atoms with Crippen LogP contribution in [0.2, 0.25) is 5.02 Å². The first-order valence-corrected chi connectivity index (χ1v) is 7.91. The van der Waals surface area contributed by atoms with Crippen LogP contribution in [-0.4, -0.2) is 12.3 Å². The summed E-state index contributed by atoms with van der Waals surface area (Å²) < 4.78 is 6.53. The second-order valence-electron chi connectivity index (χ2n) is 4.63. The Labute approximate surface area is 142 Å². The van der Waals surface area contributed by atoms with Crippen molar-refractivity contribution in [2.24, 2.45) is 0 Å². The Hall–Kier alpha value is -1.72. The molecule has 22 heavy (non-hydrogen) atoms.